The van der Waals surface area contributed by atoms with Crippen molar-refractivity contribution < 1.29 is 4.79 Å². The number of aryl methyl sites for hydroxylation is 2. The largest absolute Gasteiger partial charge is 0.350 e. The molecule has 0 saturated heterocycles. The highest BCUT2D eigenvalue weighted by atomic mass is 35.5. The van der Waals surface area contributed by atoms with E-state index in [-0.39, 0.29) is 5.91 Å². The van der Waals surface area contributed by atoms with Crippen molar-refractivity contribution in [1.29, 1.82) is 0 Å². The Labute approximate surface area is 141 Å². The van der Waals surface area contributed by atoms with Crippen LogP contribution < -0.4 is 15.9 Å². The van der Waals surface area contributed by atoms with E-state index in [0.29, 0.717) is 10.7 Å². The van der Waals surface area contributed by atoms with Crippen molar-refractivity contribution >= 4 is 29.7 Å². The Morgan fingerprint density at radius 3 is 2.61 bits per heavy atom. The Morgan fingerprint density at radius 1 is 1.35 bits per heavy atom. The molecule has 1 N–H and O–H groups in total. The second-order valence-electron chi connectivity index (χ2n) is 5.61. The highest BCUT2D eigenvalue weighted by Crippen LogP contribution is 2.22. The lowest BCUT2D eigenvalue weighted by molar-refractivity contribution is -0.118. The SMILES string of the molecule is C=C(/C=c1/c(-c2cc(C)cc(Cl)c2)cn(C)/c1=C/C)NC(C)=O. The predicted octanol–water partition coefficient (Wildman–Crippen LogP) is 2.88. The Kier molecular flexibility index (Phi) is 5.12. The highest BCUT2D eigenvalue weighted by Gasteiger charge is 2.07. The average Bonchev–Trinajstić information content (AvgIpc) is 2.72. The zero-order chi connectivity index (χ0) is 17.1. The van der Waals surface area contributed by atoms with E-state index in [1.807, 2.05) is 45.2 Å². The van der Waals surface area contributed by atoms with Crippen LogP contribution in [0.25, 0.3) is 23.3 Å². The fraction of sp³-hybridized carbons (Fsp3) is 0.211. The highest BCUT2D eigenvalue weighted by molar-refractivity contribution is 6.31. The number of benzene rings is 1. The first-order chi connectivity index (χ1) is 10.8. The van der Waals surface area contributed by atoms with Gasteiger partial charge in [0.1, 0.15) is 0 Å². The van der Waals surface area contributed by atoms with Gasteiger partial charge in [-0.05, 0) is 43.2 Å². The van der Waals surface area contributed by atoms with E-state index in [1.54, 1.807) is 0 Å². The van der Waals surface area contributed by atoms with Crippen LogP contribution in [0.4, 0.5) is 0 Å². The van der Waals surface area contributed by atoms with Crippen molar-refractivity contribution in [1.82, 2.24) is 9.88 Å². The summed E-state index contributed by atoms with van der Waals surface area (Å²) < 4.78 is 2.05. The minimum atomic E-state index is -0.135. The summed E-state index contributed by atoms with van der Waals surface area (Å²) in [5.74, 6) is -0.135. The van der Waals surface area contributed by atoms with Gasteiger partial charge in [-0.3, -0.25) is 4.79 Å². The minimum Gasteiger partial charge on any atom is -0.350 e. The normalized spacial score (nSPS) is 12.6. The number of nitrogens with one attached hydrogen (secondary N) is 1. The maximum Gasteiger partial charge on any atom is 0.221 e. The molecule has 0 unspecified atom stereocenters. The van der Waals surface area contributed by atoms with E-state index >= 15 is 0 Å². The molecule has 1 amide bonds. The van der Waals surface area contributed by atoms with Crippen LogP contribution in [0.15, 0.2) is 36.7 Å². The Morgan fingerprint density at radius 2 is 2.04 bits per heavy atom. The molecular weight excluding hydrogens is 308 g/mol. The van der Waals surface area contributed by atoms with E-state index < -0.39 is 0 Å². The predicted molar refractivity (Wildman–Crippen MR) is 97.4 cm³/mol. The minimum absolute atomic E-state index is 0.135. The van der Waals surface area contributed by atoms with Crippen molar-refractivity contribution in [3.63, 3.8) is 0 Å². The molecule has 0 spiro atoms. The van der Waals surface area contributed by atoms with Gasteiger partial charge in [-0.1, -0.05) is 30.3 Å². The topological polar surface area (TPSA) is 34.0 Å². The Hall–Kier alpha value is -2.26. The summed E-state index contributed by atoms with van der Waals surface area (Å²) in [7, 11) is 1.99. The number of rotatable bonds is 3. The Bertz CT molecular complexity index is 871. The summed E-state index contributed by atoms with van der Waals surface area (Å²) in [6, 6.07) is 5.97. The number of carbonyl (C=O) groups is 1. The number of hydrogen-bond acceptors (Lipinski definition) is 1. The van der Waals surface area contributed by atoms with Crippen LogP contribution in [0.5, 0.6) is 0 Å². The van der Waals surface area contributed by atoms with E-state index in [4.69, 9.17) is 11.6 Å². The van der Waals surface area contributed by atoms with Gasteiger partial charge in [-0.25, -0.2) is 0 Å². The smallest absolute Gasteiger partial charge is 0.221 e. The fourth-order valence-electron chi connectivity index (χ4n) is 2.73. The number of allylic oxidation sites excluding steroid dienone is 1. The molecule has 0 atom stereocenters. The van der Waals surface area contributed by atoms with Gasteiger partial charge in [0.05, 0.1) is 0 Å². The van der Waals surface area contributed by atoms with Crippen molar-refractivity contribution in [2.45, 2.75) is 20.8 Å². The second kappa shape index (κ2) is 6.88. The van der Waals surface area contributed by atoms with Crippen LogP contribution in [0, 0.1) is 6.92 Å². The summed E-state index contributed by atoms with van der Waals surface area (Å²) >= 11 is 6.21. The molecule has 23 heavy (non-hydrogen) atoms. The molecule has 0 aliphatic rings. The molecule has 0 saturated carbocycles. The van der Waals surface area contributed by atoms with Gasteiger partial charge in [0, 0.05) is 47.0 Å². The van der Waals surface area contributed by atoms with Gasteiger partial charge in [0.15, 0.2) is 0 Å². The average molecular weight is 329 g/mol. The summed E-state index contributed by atoms with van der Waals surface area (Å²) in [6.45, 7) is 9.38. The number of nitrogens with zero attached hydrogens (tertiary/aromatic N) is 1. The van der Waals surface area contributed by atoms with Gasteiger partial charge >= 0.3 is 0 Å². The quantitative estimate of drug-likeness (QED) is 0.923. The lowest BCUT2D eigenvalue weighted by atomic mass is 10.0. The van der Waals surface area contributed by atoms with Gasteiger partial charge in [-0.15, -0.1) is 0 Å². The van der Waals surface area contributed by atoms with Crippen LogP contribution in [0.1, 0.15) is 19.4 Å². The van der Waals surface area contributed by atoms with E-state index in [2.05, 4.69) is 28.7 Å². The number of hydrogen-bond donors (Lipinski definition) is 1. The van der Waals surface area contributed by atoms with Crippen molar-refractivity contribution in [2.75, 3.05) is 0 Å². The molecule has 1 aromatic heterocycles. The molecule has 0 bridgehead atoms. The first kappa shape index (κ1) is 17.1. The van der Waals surface area contributed by atoms with E-state index in [9.17, 15) is 4.79 Å². The van der Waals surface area contributed by atoms with E-state index in [1.165, 1.54) is 6.92 Å². The molecule has 0 fully saturated rings. The molecule has 2 aromatic rings. The third-order valence-corrected chi connectivity index (χ3v) is 3.77. The molecule has 120 valence electrons. The molecule has 3 nitrogen and oxygen atoms in total. The molecular formula is C19H21ClN2O. The van der Waals surface area contributed by atoms with Gasteiger partial charge in [0.25, 0.3) is 0 Å². The number of halogens is 1. The summed E-state index contributed by atoms with van der Waals surface area (Å²) in [6.07, 6.45) is 5.99. The molecule has 1 heterocycles. The lowest BCUT2D eigenvalue weighted by Crippen LogP contribution is -2.29. The maximum atomic E-state index is 11.2. The second-order valence-corrected chi connectivity index (χ2v) is 6.05. The zero-order valence-electron chi connectivity index (χ0n) is 13.9. The third kappa shape index (κ3) is 3.93. The zero-order valence-corrected chi connectivity index (χ0v) is 14.7. The summed E-state index contributed by atoms with van der Waals surface area (Å²) in [5.41, 5.74) is 3.76. The van der Waals surface area contributed by atoms with E-state index in [0.717, 1.165) is 27.3 Å². The molecule has 0 aliphatic carbocycles. The maximum absolute atomic E-state index is 11.2. The monoisotopic (exact) mass is 328 g/mol. The number of carbonyl (C=O) groups excluding carboxylic acids is 1. The van der Waals surface area contributed by atoms with Crippen LogP contribution >= 0.6 is 11.6 Å². The molecule has 2 rings (SSSR count). The standard InChI is InChI=1S/C19H21ClN2O/c1-6-19-17(9-13(3)21-14(4)23)18(11-22(19)5)15-7-12(2)8-16(20)10-15/h6-11H,3H2,1-2,4-5H3,(H,21,23)/b17-9-,19-6+. The Balaban J connectivity index is 2.73. The van der Waals surface area contributed by atoms with Gasteiger partial charge in [-0.2, -0.15) is 0 Å². The number of aromatic nitrogens is 1. The summed E-state index contributed by atoms with van der Waals surface area (Å²) in [5, 5.41) is 5.49. The molecule has 0 aliphatic heterocycles. The third-order valence-electron chi connectivity index (χ3n) is 3.55. The first-order valence-electron chi connectivity index (χ1n) is 7.39. The van der Waals surface area contributed by atoms with Gasteiger partial charge < -0.3 is 9.88 Å². The van der Waals surface area contributed by atoms with Crippen LogP contribution in [0.3, 0.4) is 0 Å². The number of amides is 1. The van der Waals surface area contributed by atoms with Crippen molar-refractivity contribution in [3.05, 3.63) is 57.8 Å². The lowest BCUT2D eigenvalue weighted by Gasteiger charge is -2.03. The molecule has 1 aromatic carbocycles. The van der Waals surface area contributed by atoms with Crippen molar-refractivity contribution in [2.24, 2.45) is 7.05 Å². The van der Waals surface area contributed by atoms with Gasteiger partial charge in [0.2, 0.25) is 5.91 Å². The van der Waals surface area contributed by atoms with Crippen LogP contribution in [-0.4, -0.2) is 10.5 Å². The van der Waals surface area contributed by atoms with Crippen LogP contribution in [0.2, 0.25) is 5.02 Å². The molecule has 0 radical (unpaired) electrons. The first-order valence-corrected chi connectivity index (χ1v) is 7.77. The van der Waals surface area contributed by atoms with Crippen molar-refractivity contribution in [3.8, 4) is 11.1 Å². The fourth-order valence-corrected chi connectivity index (χ4v) is 3.02. The molecule has 4 heteroatoms. The van der Waals surface area contributed by atoms with Crippen LogP contribution in [-0.2, 0) is 11.8 Å². The summed E-state index contributed by atoms with van der Waals surface area (Å²) in [4.78, 5) is 11.2.